The number of aromatic amines is 1. The van der Waals surface area contributed by atoms with E-state index in [1.807, 2.05) is 6.07 Å². The third-order valence-corrected chi connectivity index (χ3v) is 3.58. The molecule has 0 aliphatic carbocycles. The number of aromatic nitrogens is 1. The molecule has 2 heterocycles. The number of nitrogens with zero attached hydrogens (tertiary/aromatic N) is 1. The Hall–Kier alpha value is -1.29. The Balaban J connectivity index is 2.06. The molecule has 17 heavy (non-hydrogen) atoms. The Morgan fingerprint density at radius 3 is 2.47 bits per heavy atom. The first kappa shape index (κ1) is 12.2. The second kappa shape index (κ2) is 5.36. The minimum atomic E-state index is -0.890. The zero-order chi connectivity index (χ0) is 12.3. The maximum absolute atomic E-state index is 10.8. The Kier molecular flexibility index (Phi) is 3.84. The third kappa shape index (κ3) is 2.88. The summed E-state index contributed by atoms with van der Waals surface area (Å²) in [4.78, 5) is 16.2. The predicted molar refractivity (Wildman–Crippen MR) is 66.2 cm³/mol. The van der Waals surface area contributed by atoms with Gasteiger partial charge in [-0.2, -0.15) is 0 Å². The molecule has 0 aromatic carbocycles. The number of carboxylic acids is 1. The molecule has 1 unspecified atom stereocenters. The van der Waals surface area contributed by atoms with Gasteiger partial charge in [-0.1, -0.05) is 12.8 Å². The van der Waals surface area contributed by atoms with Crippen LogP contribution in [-0.2, 0) is 0 Å². The first-order valence-corrected chi connectivity index (χ1v) is 6.35. The van der Waals surface area contributed by atoms with Crippen LogP contribution in [-0.4, -0.2) is 34.0 Å². The van der Waals surface area contributed by atoms with E-state index in [1.54, 1.807) is 6.07 Å². The van der Waals surface area contributed by atoms with Crippen LogP contribution in [0.4, 0.5) is 0 Å². The molecule has 1 aromatic rings. The molecule has 4 heteroatoms. The monoisotopic (exact) mass is 236 g/mol. The lowest BCUT2D eigenvalue weighted by Gasteiger charge is -2.26. The minimum Gasteiger partial charge on any atom is -0.477 e. The number of rotatable bonds is 3. The lowest BCUT2D eigenvalue weighted by Crippen LogP contribution is -2.28. The average molecular weight is 236 g/mol. The lowest BCUT2D eigenvalue weighted by atomic mass is 10.2. The number of carbonyl (C=O) groups is 1. The summed E-state index contributed by atoms with van der Waals surface area (Å²) in [5.41, 5.74) is 1.28. The summed E-state index contributed by atoms with van der Waals surface area (Å²) in [7, 11) is 0. The Labute approximate surface area is 102 Å². The van der Waals surface area contributed by atoms with E-state index in [1.165, 1.54) is 25.7 Å². The molecule has 0 radical (unpaired) electrons. The summed E-state index contributed by atoms with van der Waals surface area (Å²) < 4.78 is 0. The molecule has 2 rings (SSSR count). The molecule has 94 valence electrons. The number of aromatic carboxylic acids is 1. The molecule has 1 aliphatic heterocycles. The number of H-pyrrole nitrogens is 1. The van der Waals surface area contributed by atoms with Gasteiger partial charge in [0.25, 0.3) is 0 Å². The van der Waals surface area contributed by atoms with Crippen LogP contribution in [0.5, 0.6) is 0 Å². The van der Waals surface area contributed by atoms with Gasteiger partial charge in [0.1, 0.15) is 5.69 Å². The first-order valence-electron chi connectivity index (χ1n) is 6.35. The first-order chi connectivity index (χ1) is 8.18. The molecule has 0 spiro atoms. The van der Waals surface area contributed by atoms with Crippen molar-refractivity contribution in [2.24, 2.45) is 0 Å². The molecular formula is C13H20N2O2. The molecule has 0 bridgehead atoms. The summed E-state index contributed by atoms with van der Waals surface area (Å²) in [6, 6.07) is 3.81. The van der Waals surface area contributed by atoms with Gasteiger partial charge in [0.05, 0.1) is 0 Å². The van der Waals surface area contributed by atoms with Gasteiger partial charge in [-0.3, -0.25) is 4.90 Å². The van der Waals surface area contributed by atoms with Crippen LogP contribution in [0.2, 0.25) is 0 Å². The normalized spacial score (nSPS) is 19.8. The summed E-state index contributed by atoms with van der Waals surface area (Å²) in [5.74, 6) is -0.890. The van der Waals surface area contributed by atoms with Crippen molar-refractivity contribution in [3.05, 3.63) is 23.5 Å². The maximum Gasteiger partial charge on any atom is 0.352 e. The van der Waals surface area contributed by atoms with E-state index in [9.17, 15) is 4.79 Å². The number of likely N-dealkylation sites (tertiary alicyclic amines) is 1. The quantitative estimate of drug-likeness (QED) is 0.848. The van der Waals surface area contributed by atoms with E-state index in [0.29, 0.717) is 0 Å². The predicted octanol–water partition coefficient (Wildman–Crippen LogP) is 2.65. The Morgan fingerprint density at radius 2 is 1.94 bits per heavy atom. The smallest absolute Gasteiger partial charge is 0.352 e. The minimum absolute atomic E-state index is 0.279. The van der Waals surface area contributed by atoms with Crippen molar-refractivity contribution in [2.45, 2.75) is 38.6 Å². The van der Waals surface area contributed by atoms with Crippen LogP contribution in [0.3, 0.4) is 0 Å². The van der Waals surface area contributed by atoms with Crippen molar-refractivity contribution < 1.29 is 9.90 Å². The van der Waals surface area contributed by atoms with E-state index in [2.05, 4.69) is 16.8 Å². The Morgan fingerprint density at radius 1 is 1.29 bits per heavy atom. The van der Waals surface area contributed by atoms with Crippen molar-refractivity contribution in [3.8, 4) is 0 Å². The SMILES string of the molecule is CC(c1ccc(C(=O)O)[nH]1)N1CCCCCC1. The van der Waals surface area contributed by atoms with Gasteiger partial charge in [-0.15, -0.1) is 0 Å². The highest BCUT2D eigenvalue weighted by molar-refractivity contribution is 5.85. The fraction of sp³-hybridized carbons (Fsp3) is 0.615. The van der Waals surface area contributed by atoms with Crippen molar-refractivity contribution in [2.75, 3.05) is 13.1 Å². The van der Waals surface area contributed by atoms with Gasteiger partial charge >= 0.3 is 5.97 Å². The number of hydrogen-bond donors (Lipinski definition) is 2. The molecular weight excluding hydrogens is 216 g/mol. The van der Waals surface area contributed by atoms with Gasteiger partial charge in [-0.25, -0.2) is 4.79 Å². The van der Waals surface area contributed by atoms with E-state index < -0.39 is 5.97 Å². The van der Waals surface area contributed by atoms with E-state index >= 15 is 0 Å². The summed E-state index contributed by atoms with van der Waals surface area (Å²) in [6.45, 7) is 4.37. The van der Waals surface area contributed by atoms with Gasteiger partial charge < -0.3 is 10.1 Å². The summed E-state index contributed by atoms with van der Waals surface area (Å²) in [6.07, 6.45) is 5.12. The maximum atomic E-state index is 10.8. The van der Waals surface area contributed by atoms with Gasteiger partial charge in [0.15, 0.2) is 0 Å². The number of nitrogens with one attached hydrogen (secondary N) is 1. The molecule has 0 amide bonds. The van der Waals surface area contributed by atoms with Crippen molar-refractivity contribution >= 4 is 5.97 Å². The molecule has 1 aromatic heterocycles. The highest BCUT2D eigenvalue weighted by Gasteiger charge is 2.19. The number of carboxylic acid groups (broad SMARTS) is 1. The molecule has 0 saturated carbocycles. The second-order valence-corrected chi connectivity index (χ2v) is 4.76. The van der Waals surface area contributed by atoms with Crippen molar-refractivity contribution in [1.29, 1.82) is 0 Å². The molecule has 1 fully saturated rings. The average Bonchev–Trinajstić information content (AvgIpc) is 2.65. The van der Waals surface area contributed by atoms with Gasteiger partial charge in [0, 0.05) is 11.7 Å². The van der Waals surface area contributed by atoms with Crippen molar-refractivity contribution in [1.82, 2.24) is 9.88 Å². The molecule has 2 N–H and O–H groups in total. The van der Waals surface area contributed by atoms with Crippen LogP contribution < -0.4 is 0 Å². The molecule has 4 nitrogen and oxygen atoms in total. The zero-order valence-electron chi connectivity index (χ0n) is 10.3. The molecule has 1 atom stereocenters. The van der Waals surface area contributed by atoms with E-state index in [-0.39, 0.29) is 11.7 Å². The largest absolute Gasteiger partial charge is 0.477 e. The van der Waals surface area contributed by atoms with Gasteiger partial charge in [0.2, 0.25) is 0 Å². The highest BCUT2D eigenvalue weighted by atomic mass is 16.4. The standard InChI is InChI=1S/C13H20N2O2/c1-10(15-8-4-2-3-5-9-15)11-6-7-12(14-11)13(16)17/h6-7,10,14H,2-5,8-9H2,1H3,(H,16,17). The van der Waals surface area contributed by atoms with Gasteiger partial charge in [-0.05, 0) is 45.0 Å². The molecule has 1 saturated heterocycles. The Bertz CT molecular complexity index is 379. The lowest BCUT2D eigenvalue weighted by molar-refractivity contribution is 0.0690. The fourth-order valence-corrected chi connectivity index (χ4v) is 2.46. The van der Waals surface area contributed by atoms with E-state index in [0.717, 1.165) is 18.8 Å². The van der Waals surface area contributed by atoms with Crippen LogP contribution in [0.15, 0.2) is 12.1 Å². The topological polar surface area (TPSA) is 56.3 Å². The fourth-order valence-electron chi connectivity index (χ4n) is 2.46. The third-order valence-electron chi connectivity index (χ3n) is 3.58. The van der Waals surface area contributed by atoms with Crippen LogP contribution in [0.1, 0.15) is 54.8 Å². The highest BCUT2D eigenvalue weighted by Crippen LogP contribution is 2.23. The van der Waals surface area contributed by atoms with Crippen LogP contribution in [0, 0.1) is 0 Å². The second-order valence-electron chi connectivity index (χ2n) is 4.76. The van der Waals surface area contributed by atoms with E-state index in [4.69, 9.17) is 5.11 Å². The zero-order valence-corrected chi connectivity index (χ0v) is 10.3. The number of hydrogen-bond acceptors (Lipinski definition) is 2. The molecule has 1 aliphatic rings. The van der Waals surface area contributed by atoms with Crippen LogP contribution in [0.25, 0.3) is 0 Å². The van der Waals surface area contributed by atoms with Crippen molar-refractivity contribution in [3.63, 3.8) is 0 Å². The summed E-state index contributed by atoms with van der Waals surface area (Å²) in [5, 5.41) is 8.89. The van der Waals surface area contributed by atoms with Crippen LogP contribution >= 0.6 is 0 Å². The summed E-state index contributed by atoms with van der Waals surface area (Å²) >= 11 is 0.